The molecule has 0 radical (unpaired) electrons. The van der Waals surface area contributed by atoms with Crippen LogP contribution in [0.5, 0.6) is 0 Å². The zero-order valence-corrected chi connectivity index (χ0v) is 20.3. The van der Waals surface area contributed by atoms with Crippen molar-refractivity contribution in [2.75, 3.05) is 24.7 Å². The normalized spacial score (nSPS) is 17.2. The predicted octanol–water partition coefficient (Wildman–Crippen LogP) is 2.87. The summed E-state index contributed by atoms with van der Waals surface area (Å²) in [6.45, 7) is 5.61. The molecule has 0 N–H and O–H groups in total. The molecular formula is C24H28N4O5S. The molecule has 2 aromatic heterocycles. The zero-order chi connectivity index (χ0) is 24.5. The lowest BCUT2D eigenvalue weighted by atomic mass is 10.1. The second-order valence-corrected chi connectivity index (χ2v) is 10.9. The highest BCUT2D eigenvalue weighted by Gasteiger charge is 2.34. The first-order valence-corrected chi connectivity index (χ1v) is 13.1. The molecule has 1 amide bonds. The fourth-order valence-corrected chi connectivity index (χ4v) is 6.00. The van der Waals surface area contributed by atoms with E-state index in [0.29, 0.717) is 29.7 Å². The van der Waals surface area contributed by atoms with Crippen LogP contribution >= 0.6 is 0 Å². The van der Waals surface area contributed by atoms with E-state index in [-0.39, 0.29) is 29.2 Å². The molecular weight excluding hydrogens is 456 g/mol. The maximum Gasteiger partial charge on any atom is 0.339 e. The lowest BCUT2D eigenvalue weighted by Gasteiger charge is -2.26. The van der Waals surface area contributed by atoms with Gasteiger partial charge in [0.25, 0.3) is 5.91 Å². The number of ether oxygens (including phenoxy) is 1. The summed E-state index contributed by atoms with van der Waals surface area (Å²) >= 11 is 0. The molecule has 0 spiro atoms. The van der Waals surface area contributed by atoms with Crippen molar-refractivity contribution < 1.29 is 22.7 Å². The Morgan fingerprint density at radius 3 is 2.59 bits per heavy atom. The fourth-order valence-electron chi connectivity index (χ4n) is 4.27. The van der Waals surface area contributed by atoms with Crippen LogP contribution in [0, 0.1) is 0 Å². The topological polar surface area (TPSA) is 111 Å². The average molecular weight is 485 g/mol. The lowest BCUT2D eigenvalue weighted by Crippen LogP contribution is -2.43. The van der Waals surface area contributed by atoms with Gasteiger partial charge in [-0.05, 0) is 33.3 Å². The summed E-state index contributed by atoms with van der Waals surface area (Å²) < 4.78 is 30.8. The van der Waals surface area contributed by atoms with Gasteiger partial charge in [-0.3, -0.25) is 4.79 Å². The van der Waals surface area contributed by atoms with Crippen LogP contribution in [0.4, 0.5) is 0 Å². The van der Waals surface area contributed by atoms with Crippen molar-refractivity contribution in [2.24, 2.45) is 0 Å². The molecule has 1 aliphatic rings. The number of fused-ring (bicyclic) bond motifs is 1. The second-order valence-electron chi connectivity index (χ2n) is 8.65. The Morgan fingerprint density at radius 2 is 1.97 bits per heavy atom. The Hall–Kier alpha value is -3.27. The quantitative estimate of drug-likeness (QED) is 0.474. The number of sulfone groups is 1. The van der Waals surface area contributed by atoms with E-state index in [9.17, 15) is 18.0 Å². The number of pyridine rings is 1. The van der Waals surface area contributed by atoms with Crippen LogP contribution in [-0.4, -0.2) is 70.7 Å². The van der Waals surface area contributed by atoms with Crippen LogP contribution in [0.25, 0.3) is 22.3 Å². The Labute approximate surface area is 198 Å². The van der Waals surface area contributed by atoms with E-state index in [2.05, 4.69) is 5.10 Å². The van der Waals surface area contributed by atoms with Gasteiger partial charge in [0.2, 0.25) is 0 Å². The first-order valence-electron chi connectivity index (χ1n) is 11.3. The standard InChI is InChI=1S/C24H28N4O5S/c1-4-27(18-10-11-34(31,32)15-18)22(29)14-33-24(30)19-12-21(17-8-6-5-7-9-17)26-23-20(19)13-25-28(23)16(2)3/h5-9,12-13,16,18H,4,10-11,14-15H2,1-3H3. The molecule has 9 nitrogen and oxygen atoms in total. The summed E-state index contributed by atoms with van der Waals surface area (Å²) in [5, 5.41) is 4.93. The van der Waals surface area contributed by atoms with Crippen molar-refractivity contribution in [3.05, 3.63) is 48.2 Å². The van der Waals surface area contributed by atoms with Gasteiger partial charge in [0, 0.05) is 24.2 Å². The van der Waals surface area contributed by atoms with E-state index >= 15 is 0 Å². The smallest absolute Gasteiger partial charge is 0.339 e. The highest BCUT2D eigenvalue weighted by Crippen LogP contribution is 2.27. The fraction of sp³-hybridized carbons (Fsp3) is 0.417. The van der Waals surface area contributed by atoms with E-state index in [1.165, 1.54) is 4.90 Å². The largest absolute Gasteiger partial charge is 0.452 e. The molecule has 0 bridgehead atoms. The van der Waals surface area contributed by atoms with Crippen molar-refractivity contribution in [1.82, 2.24) is 19.7 Å². The minimum Gasteiger partial charge on any atom is -0.452 e. The van der Waals surface area contributed by atoms with Crippen molar-refractivity contribution in [3.8, 4) is 11.3 Å². The number of nitrogens with zero attached hydrogens (tertiary/aromatic N) is 4. The van der Waals surface area contributed by atoms with Gasteiger partial charge in [0.15, 0.2) is 22.1 Å². The molecule has 3 aromatic rings. The van der Waals surface area contributed by atoms with Crippen LogP contribution in [0.3, 0.4) is 0 Å². The molecule has 0 saturated carbocycles. The molecule has 4 rings (SSSR count). The molecule has 0 aliphatic carbocycles. The van der Waals surface area contributed by atoms with E-state index in [4.69, 9.17) is 9.72 Å². The summed E-state index contributed by atoms with van der Waals surface area (Å²) in [5.41, 5.74) is 2.27. The van der Waals surface area contributed by atoms with Crippen LogP contribution in [0.15, 0.2) is 42.6 Å². The molecule has 1 atom stereocenters. The van der Waals surface area contributed by atoms with Crippen LogP contribution in [-0.2, 0) is 19.4 Å². The van der Waals surface area contributed by atoms with Gasteiger partial charge >= 0.3 is 5.97 Å². The summed E-state index contributed by atoms with van der Waals surface area (Å²) in [6, 6.07) is 10.8. The highest BCUT2D eigenvalue weighted by molar-refractivity contribution is 7.91. The zero-order valence-electron chi connectivity index (χ0n) is 19.5. The Morgan fingerprint density at radius 1 is 1.24 bits per heavy atom. The van der Waals surface area contributed by atoms with Gasteiger partial charge in [0.1, 0.15) is 0 Å². The second kappa shape index (κ2) is 9.54. The monoisotopic (exact) mass is 484 g/mol. The highest BCUT2D eigenvalue weighted by atomic mass is 32.2. The van der Waals surface area contributed by atoms with Crippen LogP contribution in [0.1, 0.15) is 43.6 Å². The summed E-state index contributed by atoms with van der Waals surface area (Å²) in [7, 11) is -3.14. The minimum absolute atomic E-state index is 0.0299. The number of benzene rings is 1. The molecule has 10 heteroatoms. The van der Waals surface area contributed by atoms with E-state index in [0.717, 1.165) is 5.56 Å². The third-order valence-corrected chi connectivity index (χ3v) is 7.73. The summed E-state index contributed by atoms with van der Waals surface area (Å²) in [4.78, 5) is 32.1. The number of carbonyl (C=O) groups excluding carboxylic acids is 2. The molecule has 1 aromatic carbocycles. The third kappa shape index (κ3) is 4.82. The number of rotatable bonds is 7. The van der Waals surface area contributed by atoms with E-state index in [1.54, 1.807) is 23.9 Å². The van der Waals surface area contributed by atoms with Crippen molar-refractivity contribution in [3.63, 3.8) is 0 Å². The SMILES string of the molecule is CCN(C(=O)COC(=O)c1cc(-c2ccccc2)nc2c1cnn2C(C)C)C1CCS(=O)(=O)C1. The first-order chi connectivity index (χ1) is 16.2. The number of carbonyl (C=O) groups is 2. The Kier molecular flexibility index (Phi) is 6.70. The number of esters is 1. The number of hydrogen-bond acceptors (Lipinski definition) is 7. The Balaban J connectivity index is 1.60. The van der Waals surface area contributed by atoms with Gasteiger partial charge < -0.3 is 9.64 Å². The molecule has 34 heavy (non-hydrogen) atoms. The van der Waals surface area contributed by atoms with Crippen LogP contribution < -0.4 is 0 Å². The minimum atomic E-state index is -3.14. The van der Waals surface area contributed by atoms with Gasteiger partial charge in [-0.15, -0.1) is 0 Å². The predicted molar refractivity (Wildman–Crippen MR) is 128 cm³/mol. The van der Waals surface area contributed by atoms with E-state index < -0.39 is 28.3 Å². The van der Waals surface area contributed by atoms with Gasteiger partial charge in [-0.1, -0.05) is 30.3 Å². The molecule has 1 aliphatic heterocycles. The molecule has 1 saturated heterocycles. The third-order valence-electron chi connectivity index (χ3n) is 5.98. The summed E-state index contributed by atoms with van der Waals surface area (Å²) in [6.07, 6.45) is 1.98. The molecule has 3 heterocycles. The number of amides is 1. The van der Waals surface area contributed by atoms with Gasteiger partial charge in [-0.2, -0.15) is 5.10 Å². The first kappa shape index (κ1) is 23.9. The molecule has 1 unspecified atom stereocenters. The molecule has 180 valence electrons. The van der Waals surface area contributed by atoms with Crippen molar-refractivity contribution in [2.45, 2.75) is 39.3 Å². The number of aromatic nitrogens is 3. The average Bonchev–Trinajstić information content (AvgIpc) is 3.41. The van der Waals surface area contributed by atoms with Gasteiger partial charge in [-0.25, -0.2) is 22.9 Å². The Bertz CT molecular complexity index is 1320. The maximum atomic E-state index is 13.1. The van der Waals surface area contributed by atoms with E-state index in [1.807, 2.05) is 44.2 Å². The van der Waals surface area contributed by atoms with Gasteiger partial charge in [0.05, 0.1) is 34.3 Å². The number of likely N-dealkylation sites (N-methyl/N-ethyl adjacent to an activating group) is 1. The lowest BCUT2D eigenvalue weighted by molar-refractivity contribution is -0.136. The maximum absolute atomic E-state index is 13.1. The summed E-state index contributed by atoms with van der Waals surface area (Å²) in [5.74, 6) is -1.06. The van der Waals surface area contributed by atoms with Crippen LogP contribution in [0.2, 0.25) is 0 Å². The molecule has 1 fully saturated rings. The van der Waals surface area contributed by atoms with Crippen molar-refractivity contribution >= 4 is 32.7 Å². The van der Waals surface area contributed by atoms with Crippen molar-refractivity contribution in [1.29, 1.82) is 0 Å². The number of hydrogen-bond donors (Lipinski definition) is 0.